The van der Waals surface area contributed by atoms with Crippen molar-refractivity contribution in [1.29, 1.82) is 0 Å². The molecule has 2 heterocycles. The van der Waals surface area contributed by atoms with E-state index in [2.05, 4.69) is 65.2 Å². The van der Waals surface area contributed by atoms with E-state index in [4.69, 9.17) is 0 Å². The van der Waals surface area contributed by atoms with Crippen molar-refractivity contribution in [3.05, 3.63) is 71.8 Å². The Kier molecular flexibility index (Phi) is 7.52. The van der Waals surface area contributed by atoms with E-state index in [9.17, 15) is 4.79 Å². The first kappa shape index (κ1) is 20.9. The zero-order chi connectivity index (χ0) is 18.5. The average molecular weight is 399 g/mol. The van der Waals surface area contributed by atoms with Gasteiger partial charge in [-0.25, -0.2) is 0 Å². The summed E-state index contributed by atoms with van der Waals surface area (Å²) >= 11 is 0. The first-order valence-electron chi connectivity index (χ1n) is 10.4. The molecule has 3 atom stereocenters. The van der Waals surface area contributed by atoms with E-state index >= 15 is 0 Å². The van der Waals surface area contributed by atoms with E-state index in [-0.39, 0.29) is 18.3 Å². The molecule has 4 heteroatoms. The number of rotatable bonds is 7. The standard InChI is InChI=1S/C24H30N2O.ClH/c27-24(16-19-14-22-11-12-23(15-19)26-22)25-17-21(20-9-5-2-6-10-20)13-18-7-3-1-4-8-18;/h1-10,19,21-23,26H,11-17H2,(H,25,27);1H. The summed E-state index contributed by atoms with van der Waals surface area (Å²) < 4.78 is 0. The fraction of sp³-hybridized carbons (Fsp3) is 0.458. The molecular formula is C24H31ClN2O. The highest BCUT2D eigenvalue weighted by molar-refractivity contribution is 5.85. The maximum absolute atomic E-state index is 12.6. The minimum absolute atomic E-state index is 0. The van der Waals surface area contributed by atoms with Crippen molar-refractivity contribution in [2.45, 2.75) is 56.5 Å². The number of piperidine rings is 1. The molecule has 2 saturated heterocycles. The summed E-state index contributed by atoms with van der Waals surface area (Å²) in [5, 5.41) is 6.90. The van der Waals surface area contributed by atoms with Gasteiger partial charge in [0.2, 0.25) is 5.91 Å². The topological polar surface area (TPSA) is 41.1 Å². The molecule has 0 spiro atoms. The molecule has 0 aromatic heterocycles. The molecule has 0 saturated carbocycles. The molecular weight excluding hydrogens is 368 g/mol. The number of hydrogen-bond donors (Lipinski definition) is 2. The third kappa shape index (κ3) is 5.59. The fourth-order valence-corrected chi connectivity index (χ4v) is 4.84. The van der Waals surface area contributed by atoms with Crippen molar-refractivity contribution >= 4 is 18.3 Å². The number of carbonyl (C=O) groups excluding carboxylic acids is 1. The number of hydrogen-bond acceptors (Lipinski definition) is 2. The van der Waals surface area contributed by atoms with Gasteiger partial charge in [-0.1, -0.05) is 60.7 Å². The lowest BCUT2D eigenvalue weighted by Gasteiger charge is -2.29. The molecule has 3 unspecified atom stereocenters. The Bertz CT molecular complexity index is 725. The summed E-state index contributed by atoms with van der Waals surface area (Å²) in [4.78, 5) is 12.6. The maximum atomic E-state index is 12.6. The monoisotopic (exact) mass is 398 g/mol. The summed E-state index contributed by atoms with van der Waals surface area (Å²) in [6.45, 7) is 0.704. The van der Waals surface area contributed by atoms with E-state index in [0.29, 0.717) is 36.9 Å². The maximum Gasteiger partial charge on any atom is 0.220 e. The van der Waals surface area contributed by atoms with Gasteiger partial charge in [-0.15, -0.1) is 12.4 Å². The predicted octanol–water partition coefficient (Wildman–Crippen LogP) is 4.47. The van der Waals surface area contributed by atoms with E-state index in [1.807, 2.05) is 6.07 Å². The quantitative estimate of drug-likeness (QED) is 0.722. The number of carbonyl (C=O) groups is 1. The molecule has 0 aliphatic carbocycles. The van der Waals surface area contributed by atoms with Crippen LogP contribution in [0.25, 0.3) is 0 Å². The van der Waals surface area contributed by atoms with Crippen molar-refractivity contribution in [2.24, 2.45) is 5.92 Å². The van der Waals surface area contributed by atoms with Crippen LogP contribution in [0.2, 0.25) is 0 Å². The Morgan fingerprint density at radius 3 is 2.21 bits per heavy atom. The highest BCUT2D eigenvalue weighted by atomic mass is 35.5. The van der Waals surface area contributed by atoms with E-state index in [1.165, 1.54) is 24.0 Å². The number of amides is 1. The van der Waals surface area contributed by atoms with Crippen LogP contribution in [0.1, 0.15) is 49.1 Å². The third-order valence-electron chi connectivity index (χ3n) is 6.19. The molecule has 2 N–H and O–H groups in total. The van der Waals surface area contributed by atoms with E-state index in [0.717, 1.165) is 19.3 Å². The molecule has 2 aromatic carbocycles. The fourth-order valence-electron chi connectivity index (χ4n) is 4.84. The lowest BCUT2D eigenvalue weighted by Crippen LogP contribution is -2.40. The van der Waals surface area contributed by atoms with Crippen LogP contribution in [0.15, 0.2) is 60.7 Å². The van der Waals surface area contributed by atoms with Gasteiger partial charge in [0.05, 0.1) is 0 Å². The van der Waals surface area contributed by atoms with Gasteiger partial charge in [0.25, 0.3) is 0 Å². The molecule has 28 heavy (non-hydrogen) atoms. The number of fused-ring (bicyclic) bond motifs is 2. The first-order valence-corrected chi connectivity index (χ1v) is 10.4. The Labute approximate surface area is 174 Å². The van der Waals surface area contributed by atoms with Crippen molar-refractivity contribution in [1.82, 2.24) is 10.6 Å². The summed E-state index contributed by atoms with van der Waals surface area (Å²) in [7, 11) is 0. The molecule has 2 aromatic rings. The molecule has 2 aliphatic heterocycles. The number of benzene rings is 2. The average Bonchev–Trinajstić information content (AvgIpc) is 3.05. The Hall–Kier alpha value is -1.84. The van der Waals surface area contributed by atoms with Gasteiger partial charge in [0.1, 0.15) is 0 Å². The molecule has 1 amide bonds. The molecule has 150 valence electrons. The van der Waals surface area contributed by atoms with Gasteiger partial charge in [-0.05, 0) is 49.1 Å². The highest BCUT2D eigenvalue weighted by Gasteiger charge is 2.34. The van der Waals surface area contributed by atoms with Crippen LogP contribution in [0.4, 0.5) is 0 Å². The van der Waals surface area contributed by atoms with Crippen molar-refractivity contribution in [3.8, 4) is 0 Å². The van der Waals surface area contributed by atoms with Crippen molar-refractivity contribution in [3.63, 3.8) is 0 Å². The lowest BCUT2D eigenvalue weighted by molar-refractivity contribution is -0.122. The van der Waals surface area contributed by atoms with E-state index in [1.54, 1.807) is 0 Å². The number of nitrogens with one attached hydrogen (secondary N) is 2. The smallest absolute Gasteiger partial charge is 0.220 e. The third-order valence-corrected chi connectivity index (χ3v) is 6.19. The zero-order valence-electron chi connectivity index (χ0n) is 16.3. The van der Waals surface area contributed by atoms with Crippen LogP contribution in [-0.4, -0.2) is 24.5 Å². The number of halogens is 1. The summed E-state index contributed by atoms with van der Waals surface area (Å²) in [5.74, 6) is 1.07. The van der Waals surface area contributed by atoms with Crippen LogP contribution >= 0.6 is 12.4 Å². The minimum Gasteiger partial charge on any atom is -0.355 e. The molecule has 3 nitrogen and oxygen atoms in total. The highest BCUT2D eigenvalue weighted by Crippen LogP contribution is 2.32. The second-order valence-corrected chi connectivity index (χ2v) is 8.28. The summed E-state index contributed by atoms with van der Waals surface area (Å²) in [5.41, 5.74) is 2.61. The summed E-state index contributed by atoms with van der Waals surface area (Å²) in [6, 6.07) is 22.4. The zero-order valence-corrected chi connectivity index (χ0v) is 17.2. The van der Waals surface area contributed by atoms with Gasteiger partial charge >= 0.3 is 0 Å². The second kappa shape index (κ2) is 10.1. The van der Waals surface area contributed by atoms with Crippen LogP contribution in [0.5, 0.6) is 0 Å². The predicted molar refractivity (Wildman–Crippen MR) is 117 cm³/mol. The minimum atomic E-state index is 0. The van der Waals surface area contributed by atoms with Crippen LogP contribution < -0.4 is 10.6 Å². The van der Waals surface area contributed by atoms with Gasteiger partial charge < -0.3 is 10.6 Å². The molecule has 2 aliphatic rings. The second-order valence-electron chi connectivity index (χ2n) is 8.28. The SMILES string of the molecule is Cl.O=C(CC1CC2CCC(C1)N2)NCC(Cc1ccccc1)c1ccccc1. The Morgan fingerprint density at radius 1 is 0.964 bits per heavy atom. The normalized spacial score (nSPS) is 24.2. The molecule has 0 radical (unpaired) electrons. The van der Waals surface area contributed by atoms with Crippen molar-refractivity contribution in [2.75, 3.05) is 6.54 Å². The Morgan fingerprint density at radius 2 is 1.57 bits per heavy atom. The van der Waals surface area contributed by atoms with Crippen LogP contribution in [0, 0.1) is 5.92 Å². The van der Waals surface area contributed by atoms with Gasteiger partial charge in [0.15, 0.2) is 0 Å². The molecule has 2 fully saturated rings. The van der Waals surface area contributed by atoms with E-state index < -0.39 is 0 Å². The Balaban J connectivity index is 0.00000225. The largest absolute Gasteiger partial charge is 0.355 e. The van der Waals surface area contributed by atoms with Gasteiger partial charge in [-0.2, -0.15) is 0 Å². The van der Waals surface area contributed by atoms with Crippen LogP contribution in [-0.2, 0) is 11.2 Å². The van der Waals surface area contributed by atoms with Gasteiger partial charge in [-0.3, -0.25) is 4.79 Å². The molecule has 4 rings (SSSR count). The first-order chi connectivity index (χ1) is 13.3. The van der Waals surface area contributed by atoms with Crippen molar-refractivity contribution < 1.29 is 4.79 Å². The van der Waals surface area contributed by atoms with Crippen LogP contribution in [0.3, 0.4) is 0 Å². The van der Waals surface area contributed by atoms with Gasteiger partial charge in [0, 0.05) is 31.0 Å². The summed E-state index contributed by atoms with van der Waals surface area (Å²) in [6.07, 6.45) is 6.53. The lowest BCUT2D eigenvalue weighted by atomic mass is 9.89. The molecule has 2 bridgehead atoms.